The Morgan fingerprint density at radius 2 is 2.20 bits per heavy atom. The van der Waals surface area contributed by atoms with Gasteiger partial charge in [-0.05, 0) is 19.3 Å². The van der Waals surface area contributed by atoms with E-state index in [-0.39, 0.29) is 6.04 Å². The number of aliphatic imine (C=N–C) groups is 1. The first-order valence-corrected chi connectivity index (χ1v) is 5.43. The molecule has 0 aromatic rings. The lowest BCUT2D eigenvalue weighted by Gasteiger charge is -2.07. The molecule has 5 heteroatoms. The summed E-state index contributed by atoms with van der Waals surface area (Å²) in [5.74, 6) is -0.414. The van der Waals surface area contributed by atoms with Gasteiger partial charge in [0.05, 0.1) is 6.04 Å². The van der Waals surface area contributed by atoms with Crippen molar-refractivity contribution in [2.24, 2.45) is 4.99 Å². The van der Waals surface area contributed by atoms with Crippen LogP contribution in [0.1, 0.15) is 45.4 Å². The van der Waals surface area contributed by atoms with Gasteiger partial charge in [0.25, 0.3) is 0 Å². The standard InChI is InChI=1S/C10H16ClNO3/c1-2-5-9(12-8-13)6-3-4-7-10(14)15-11/h9H,2-7H2,1H3. The molecule has 0 rings (SSSR count). The minimum Gasteiger partial charge on any atom is -0.348 e. The van der Waals surface area contributed by atoms with Crippen molar-refractivity contribution in [3.05, 3.63) is 0 Å². The van der Waals surface area contributed by atoms with Crippen LogP contribution < -0.4 is 0 Å². The number of carbonyl (C=O) groups is 1. The number of halogens is 1. The topological polar surface area (TPSA) is 55.7 Å². The molecule has 0 amide bonds. The highest BCUT2D eigenvalue weighted by molar-refractivity contribution is 6.13. The molecule has 15 heavy (non-hydrogen) atoms. The molecule has 0 aliphatic rings. The molecular weight excluding hydrogens is 218 g/mol. The molecule has 4 nitrogen and oxygen atoms in total. The van der Waals surface area contributed by atoms with Crippen LogP contribution in [0.2, 0.25) is 0 Å². The summed E-state index contributed by atoms with van der Waals surface area (Å²) in [4.78, 5) is 24.5. The van der Waals surface area contributed by atoms with Crippen molar-refractivity contribution in [2.45, 2.75) is 51.5 Å². The zero-order valence-corrected chi connectivity index (χ0v) is 9.63. The second-order valence-corrected chi connectivity index (χ2v) is 3.51. The van der Waals surface area contributed by atoms with Gasteiger partial charge in [0.15, 0.2) is 0 Å². The Kier molecular flexibility index (Phi) is 9.13. The Balaban J connectivity index is 3.61. The van der Waals surface area contributed by atoms with Gasteiger partial charge in [0.2, 0.25) is 6.08 Å². The lowest BCUT2D eigenvalue weighted by Crippen LogP contribution is -2.04. The second kappa shape index (κ2) is 9.69. The molecule has 0 saturated carbocycles. The zero-order valence-electron chi connectivity index (χ0n) is 8.87. The van der Waals surface area contributed by atoms with Crippen LogP contribution in [-0.2, 0) is 13.9 Å². The zero-order chi connectivity index (χ0) is 11.5. The third-order valence-electron chi connectivity index (χ3n) is 2.11. The maximum absolute atomic E-state index is 10.7. The maximum atomic E-state index is 10.7. The lowest BCUT2D eigenvalue weighted by molar-refractivity contribution is -0.134. The predicted molar refractivity (Wildman–Crippen MR) is 57.2 cm³/mol. The van der Waals surface area contributed by atoms with E-state index in [2.05, 4.69) is 9.28 Å². The van der Waals surface area contributed by atoms with Gasteiger partial charge in [0, 0.05) is 6.42 Å². The number of carbonyl (C=O) groups excluding carboxylic acids is 2. The predicted octanol–water partition coefficient (Wildman–Crippen LogP) is 2.75. The number of isocyanates is 1. The Morgan fingerprint density at radius 3 is 2.73 bits per heavy atom. The normalized spacial score (nSPS) is 11.6. The van der Waals surface area contributed by atoms with Gasteiger partial charge >= 0.3 is 5.97 Å². The van der Waals surface area contributed by atoms with Crippen molar-refractivity contribution >= 4 is 23.9 Å². The van der Waals surface area contributed by atoms with Crippen molar-refractivity contribution in [2.75, 3.05) is 0 Å². The molecule has 0 radical (unpaired) electrons. The summed E-state index contributed by atoms with van der Waals surface area (Å²) in [6.45, 7) is 2.04. The summed E-state index contributed by atoms with van der Waals surface area (Å²) < 4.78 is 4.00. The van der Waals surface area contributed by atoms with Gasteiger partial charge in [-0.3, -0.25) is 4.79 Å². The molecule has 0 heterocycles. The van der Waals surface area contributed by atoms with Gasteiger partial charge in [-0.1, -0.05) is 19.8 Å². The Morgan fingerprint density at radius 1 is 1.47 bits per heavy atom. The van der Waals surface area contributed by atoms with Crippen LogP contribution in [0.3, 0.4) is 0 Å². The fourth-order valence-electron chi connectivity index (χ4n) is 1.37. The number of rotatable bonds is 8. The van der Waals surface area contributed by atoms with Crippen molar-refractivity contribution in [1.29, 1.82) is 0 Å². The van der Waals surface area contributed by atoms with Gasteiger partial charge in [0.1, 0.15) is 11.9 Å². The molecule has 0 spiro atoms. The van der Waals surface area contributed by atoms with E-state index in [4.69, 9.17) is 11.9 Å². The van der Waals surface area contributed by atoms with Crippen molar-refractivity contribution < 1.29 is 13.9 Å². The Hall–Kier alpha value is -0.860. The van der Waals surface area contributed by atoms with Gasteiger partial charge in [-0.15, -0.1) is 0 Å². The molecule has 0 aliphatic carbocycles. The Labute approximate surface area is 94.8 Å². The van der Waals surface area contributed by atoms with Crippen LogP contribution in [-0.4, -0.2) is 18.1 Å². The average Bonchev–Trinajstić information content (AvgIpc) is 2.24. The summed E-state index contributed by atoms with van der Waals surface area (Å²) in [5.41, 5.74) is 0. The highest BCUT2D eigenvalue weighted by atomic mass is 35.5. The third-order valence-corrected chi connectivity index (χ3v) is 2.28. The fraction of sp³-hybridized carbons (Fsp3) is 0.800. The first kappa shape index (κ1) is 14.1. The van der Waals surface area contributed by atoms with Crippen LogP contribution in [0.5, 0.6) is 0 Å². The van der Waals surface area contributed by atoms with Crippen LogP contribution in [0.15, 0.2) is 4.99 Å². The molecule has 0 aromatic carbocycles. The molecule has 0 aromatic heterocycles. The molecule has 0 N–H and O–H groups in total. The highest BCUT2D eigenvalue weighted by Crippen LogP contribution is 2.11. The van der Waals surface area contributed by atoms with Crippen molar-refractivity contribution in [3.8, 4) is 0 Å². The second-order valence-electron chi connectivity index (χ2n) is 3.36. The van der Waals surface area contributed by atoms with Crippen LogP contribution in [0.25, 0.3) is 0 Å². The number of nitrogens with zero attached hydrogens (tertiary/aromatic N) is 1. The van der Waals surface area contributed by atoms with E-state index in [1.165, 1.54) is 0 Å². The van der Waals surface area contributed by atoms with E-state index < -0.39 is 5.97 Å². The SMILES string of the molecule is CCCC(CCCCC(=O)OCl)N=C=O. The number of hydrogen-bond donors (Lipinski definition) is 0. The third kappa shape index (κ3) is 8.16. The van der Waals surface area contributed by atoms with E-state index in [9.17, 15) is 9.59 Å². The lowest BCUT2D eigenvalue weighted by atomic mass is 10.0. The largest absolute Gasteiger partial charge is 0.348 e. The molecule has 0 fully saturated rings. The molecule has 1 unspecified atom stereocenters. The quantitative estimate of drug-likeness (QED) is 0.368. The summed E-state index contributed by atoms with van der Waals surface area (Å²) in [7, 11) is 0. The smallest absolute Gasteiger partial charge is 0.324 e. The molecule has 86 valence electrons. The fourth-order valence-corrected chi connectivity index (χ4v) is 1.45. The number of unbranched alkanes of at least 4 members (excludes halogenated alkanes) is 1. The van der Waals surface area contributed by atoms with Gasteiger partial charge in [-0.2, -0.15) is 0 Å². The van der Waals surface area contributed by atoms with E-state index in [0.717, 1.165) is 25.7 Å². The summed E-state index contributed by atoms with van der Waals surface area (Å²) in [6.07, 6.45) is 6.11. The highest BCUT2D eigenvalue weighted by Gasteiger charge is 2.06. The summed E-state index contributed by atoms with van der Waals surface area (Å²) >= 11 is 4.87. The van der Waals surface area contributed by atoms with E-state index in [1.54, 1.807) is 6.08 Å². The monoisotopic (exact) mass is 233 g/mol. The molecule has 1 atom stereocenters. The molecular formula is C10H16ClNO3. The summed E-state index contributed by atoms with van der Waals surface area (Å²) in [6, 6.07) is 0.0412. The first-order chi connectivity index (χ1) is 7.24. The number of hydrogen-bond acceptors (Lipinski definition) is 4. The molecule has 0 saturated heterocycles. The average molecular weight is 234 g/mol. The van der Waals surface area contributed by atoms with E-state index >= 15 is 0 Å². The molecule has 0 bridgehead atoms. The summed E-state index contributed by atoms with van der Waals surface area (Å²) in [5, 5.41) is 0. The van der Waals surface area contributed by atoms with Crippen LogP contribution in [0, 0.1) is 0 Å². The Bertz CT molecular complexity index is 227. The van der Waals surface area contributed by atoms with Crippen LogP contribution in [0.4, 0.5) is 0 Å². The van der Waals surface area contributed by atoms with Gasteiger partial charge < -0.3 is 4.29 Å². The molecule has 0 aliphatic heterocycles. The van der Waals surface area contributed by atoms with Crippen molar-refractivity contribution in [1.82, 2.24) is 0 Å². The van der Waals surface area contributed by atoms with E-state index in [1.807, 2.05) is 6.92 Å². The maximum Gasteiger partial charge on any atom is 0.324 e. The minimum atomic E-state index is -0.414. The van der Waals surface area contributed by atoms with Crippen molar-refractivity contribution in [3.63, 3.8) is 0 Å². The first-order valence-electron chi connectivity index (χ1n) is 5.13. The van der Waals surface area contributed by atoms with Gasteiger partial charge in [-0.25, -0.2) is 9.79 Å². The van der Waals surface area contributed by atoms with Crippen LogP contribution >= 0.6 is 11.9 Å². The minimum absolute atomic E-state index is 0.0412. The van der Waals surface area contributed by atoms with E-state index in [0.29, 0.717) is 12.8 Å².